The van der Waals surface area contributed by atoms with Gasteiger partial charge in [0, 0.05) is 49.1 Å². The Morgan fingerprint density at radius 3 is 2.43 bits per heavy atom. The second-order valence-corrected chi connectivity index (χ2v) is 10.2. The van der Waals surface area contributed by atoms with Gasteiger partial charge in [0.1, 0.15) is 17.2 Å². The number of nitrogens with one attached hydrogen (secondary N) is 1. The molecule has 0 unspecified atom stereocenters. The molecule has 224 valence electrons. The van der Waals surface area contributed by atoms with Crippen LogP contribution in [0.4, 0.5) is 24.5 Å². The summed E-state index contributed by atoms with van der Waals surface area (Å²) >= 11 is 0. The second-order valence-electron chi connectivity index (χ2n) is 10.2. The molecule has 0 saturated carbocycles. The number of ether oxygens (including phenoxy) is 2. The van der Waals surface area contributed by atoms with E-state index in [1.165, 1.54) is 26.4 Å². The number of nitrogens with zero attached hydrogens (tertiary/aromatic N) is 4. The number of rotatable bonds is 8. The summed E-state index contributed by atoms with van der Waals surface area (Å²) in [5, 5.41) is 17.3. The fourth-order valence-corrected chi connectivity index (χ4v) is 5.50. The zero-order valence-electron chi connectivity index (χ0n) is 23.5. The highest BCUT2D eigenvalue weighted by Gasteiger charge is 2.37. The Balaban J connectivity index is 1.77. The Kier molecular flexibility index (Phi) is 8.04. The fourth-order valence-electron chi connectivity index (χ4n) is 5.50. The number of aliphatic hydroxyl groups is 1. The van der Waals surface area contributed by atoms with Crippen LogP contribution in [0.15, 0.2) is 41.2 Å². The number of aliphatic hydroxyl groups excluding tert-OH is 1. The summed E-state index contributed by atoms with van der Waals surface area (Å²) in [5.74, 6) is 0.545. The maximum atomic E-state index is 14.4. The van der Waals surface area contributed by atoms with Gasteiger partial charge in [0.15, 0.2) is 0 Å². The number of hydrogen-bond donors (Lipinski definition) is 2. The van der Waals surface area contributed by atoms with Crippen LogP contribution in [0.25, 0.3) is 16.9 Å². The molecule has 0 aliphatic carbocycles. The van der Waals surface area contributed by atoms with Crippen molar-refractivity contribution in [1.29, 1.82) is 0 Å². The number of benzene rings is 2. The molecule has 2 N–H and O–H groups in total. The summed E-state index contributed by atoms with van der Waals surface area (Å²) in [7, 11) is 2.95. The molecule has 0 radical (unpaired) electrons. The zero-order valence-corrected chi connectivity index (χ0v) is 23.5. The number of carbonyl (C=O) groups is 1. The lowest BCUT2D eigenvalue weighted by Crippen LogP contribution is -2.39. The van der Waals surface area contributed by atoms with Crippen LogP contribution in [0.2, 0.25) is 0 Å². The quantitative estimate of drug-likeness (QED) is 0.414. The second kappa shape index (κ2) is 11.6. The van der Waals surface area contributed by atoms with Crippen molar-refractivity contribution >= 4 is 17.3 Å². The highest BCUT2D eigenvalue weighted by molar-refractivity contribution is 5.83. The van der Waals surface area contributed by atoms with Crippen molar-refractivity contribution in [2.45, 2.75) is 32.0 Å². The first-order valence-corrected chi connectivity index (χ1v) is 13.6. The molecule has 42 heavy (non-hydrogen) atoms. The van der Waals surface area contributed by atoms with Crippen molar-refractivity contribution in [2.75, 3.05) is 56.7 Å². The van der Waals surface area contributed by atoms with E-state index in [-0.39, 0.29) is 30.4 Å². The number of anilines is 2. The Bertz CT molecular complexity index is 1540. The highest BCUT2D eigenvalue weighted by Crippen LogP contribution is 2.39. The van der Waals surface area contributed by atoms with Crippen molar-refractivity contribution in [3.63, 3.8) is 0 Å². The van der Waals surface area contributed by atoms with Gasteiger partial charge in [-0.05, 0) is 50.1 Å². The normalized spacial score (nSPS) is 16.5. The van der Waals surface area contributed by atoms with Crippen LogP contribution in [-0.4, -0.2) is 73.8 Å². The molecule has 1 fully saturated rings. The number of β-amino-alcohol motifs (C(OH)–C–C–N with tert-alkyl or cyclic N) is 1. The molecular formula is C29H32F3N5O5. The molecule has 3 heterocycles. The molecule has 0 bridgehead atoms. The smallest absolute Gasteiger partial charge is 0.418 e. The Hall–Kier alpha value is -4.26. The third kappa shape index (κ3) is 5.60. The lowest BCUT2D eigenvalue weighted by Gasteiger charge is -2.23. The van der Waals surface area contributed by atoms with E-state index in [9.17, 15) is 27.9 Å². The molecule has 13 heteroatoms. The number of alkyl halides is 3. The number of carbonyl (C=O) groups excluding carboxylic acids is 1. The molecule has 1 atom stereocenters. The van der Waals surface area contributed by atoms with Crippen LogP contribution in [0, 0.1) is 0 Å². The van der Waals surface area contributed by atoms with E-state index < -0.39 is 29.1 Å². The van der Waals surface area contributed by atoms with Gasteiger partial charge >= 0.3 is 6.18 Å². The van der Waals surface area contributed by atoms with Crippen molar-refractivity contribution in [2.24, 2.45) is 0 Å². The van der Waals surface area contributed by atoms with E-state index in [2.05, 4.69) is 10.4 Å². The Morgan fingerprint density at radius 2 is 1.83 bits per heavy atom. The van der Waals surface area contributed by atoms with Gasteiger partial charge < -0.3 is 29.7 Å². The van der Waals surface area contributed by atoms with Gasteiger partial charge in [0.05, 0.1) is 43.8 Å². The van der Waals surface area contributed by atoms with E-state index in [1.807, 2.05) is 0 Å². The van der Waals surface area contributed by atoms with Gasteiger partial charge in [-0.25, -0.2) is 0 Å². The average molecular weight is 588 g/mol. The van der Waals surface area contributed by atoms with Crippen LogP contribution >= 0.6 is 0 Å². The van der Waals surface area contributed by atoms with Crippen LogP contribution < -0.4 is 30.1 Å². The van der Waals surface area contributed by atoms with Crippen LogP contribution in [0.5, 0.6) is 11.5 Å². The number of halogens is 3. The van der Waals surface area contributed by atoms with E-state index in [0.29, 0.717) is 60.8 Å². The molecule has 1 amide bonds. The minimum atomic E-state index is -4.79. The minimum Gasteiger partial charge on any atom is -0.497 e. The van der Waals surface area contributed by atoms with Crippen molar-refractivity contribution in [3.05, 3.63) is 57.9 Å². The number of fused-ring (bicyclic) bond motifs is 1. The van der Waals surface area contributed by atoms with Crippen molar-refractivity contribution in [3.8, 4) is 28.4 Å². The monoisotopic (exact) mass is 587 g/mol. The number of likely N-dealkylation sites (N-methyl/N-ethyl adjacent to an activating group) is 1. The van der Waals surface area contributed by atoms with Crippen molar-refractivity contribution < 1.29 is 32.5 Å². The first kappa shape index (κ1) is 29.2. The van der Waals surface area contributed by atoms with Crippen LogP contribution in [0.3, 0.4) is 0 Å². The number of methoxy groups -OCH3 is 2. The summed E-state index contributed by atoms with van der Waals surface area (Å²) in [4.78, 5) is 29.9. The molecule has 2 aromatic carbocycles. The molecule has 10 nitrogen and oxygen atoms in total. The predicted molar refractivity (Wildman–Crippen MR) is 151 cm³/mol. The average Bonchev–Trinajstić information content (AvgIpc) is 3.59. The first-order valence-electron chi connectivity index (χ1n) is 13.6. The van der Waals surface area contributed by atoms with Crippen LogP contribution in [-0.2, 0) is 17.4 Å². The molecule has 1 aromatic heterocycles. The molecule has 5 rings (SSSR count). The fraction of sp³-hybridized carbons (Fsp3) is 0.414. The summed E-state index contributed by atoms with van der Waals surface area (Å²) in [5.41, 5.74) is -0.453. The standard InChI is InChI=1S/C29H32F3N5O5/c1-4-33-25(39)16-36-10-8-22-26(17-11-20(41-2)14-21(12-17)42-3)34-37(28(40)27(22)36)24-13-18(35-9-7-19(38)15-35)5-6-23(24)29(30,31)32/h5-6,11-14,19,38H,4,7-10,15-16H2,1-3H3,(H,33,39)/t19-/m0/s1. The predicted octanol–water partition coefficient (Wildman–Crippen LogP) is 3.01. The van der Waals surface area contributed by atoms with E-state index >= 15 is 0 Å². The topological polar surface area (TPSA) is 109 Å². The van der Waals surface area contributed by atoms with Crippen LogP contribution in [0.1, 0.15) is 24.5 Å². The number of amides is 1. The molecule has 3 aromatic rings. The van der Waals surface area contributed by atoms with Gasteiger partial charge in [0.25, 0.3) is 5.56 Å². The third-order valence-electron chi connectivity index (χ3n) is 7.49. The number of aromatic nitrogens is 2. The zero-order chi connectivity index (χ0) is 30.2. The Morgan fingerprint density at radius 1 is 1.12 bits per heavy atom. The summed E-state index contributed by atoms with van der Waals surface area (Å²) in [6, 6.07) is 8.52. The molecule has 2 aliphatic heterocycles. The van der Waals surface area contributed by atoms with E-state index in [1.54, 1.807) is 34.9 Å². The van der Waals surface area contributed by atoms with Gasteiger partial charge in [0.2, 0.25) is 5.91 Å². The Labute approximate surface area is 240 Å². The van der Waals surface area contributed by atoms with Gasteiger partial charge in [-0.2, -0.15) is 23.0 Å². The maximum absolute atomic E-state index is 14.4. The summed E-state index contributed by atoms with van der Waals surface area (Å²) in [6.07, 6.45) is -4.57. The molecule has 0 spiro atoms. The lowest BCUT2D eigenvalue weighted by molar-refractivity contribution is -0.137. The SMILES string of the molecule is CCNC(=O)CN1CCc2c(-c3cc(OC)cc(OC)c3)nn(-c3cc(N4CC[C@H](O)C4)ccc3C(F)(F)F)c(=O)c21. The summed E-state index contributed by atoms with van der Waals surface area (Å²) < 4.78 is 54.7. The minimum absolute atomic E-state index is 0.114. The van der Waals surface area contributed by atoms with Gasteiger partial charge in [-0.3, -0.25) is 9.59 Å². The van der Waals surface area contributed by atoms with Crippen molar-refractivity contribution in [1.82, 2.24) is 15.1 Å². The first-order chi connectivity index (χ1) is 20.0. The van der Waals surface area contributed by atoms with E-state index in [4.69, 9.17) is 9.47 Å². The largest absolute Gasteiger partial charge is 0.497 e. The summed E-state index contributed by atoms with van der Waals surface area (Å²) in [6.45, 7) is 3.03. The van der Waals surface area contributed by atoms with Gasteiger partial charge in [-0.15, -0.1) is 0 Å². The molecule has 1 saturated heterocycles. The molecule has 2 aliphatic rings. The number of hydrogen-bond acceptors (Lipinski definition) is 8. The third-order valence-corrected chi connectivity index (χ3v) is 7.49. The van der Waals surface area contributed by atoms with Gasteiger partial charge in [-0.1, -0.05) is 0 Å². The van der Waals surface area contributed by atoms with E-state index in [0.717, 1.165) is 10.7 Å². The lowest BCUT2D eigenvalue weighted by atomic mass is 10.0. The maximum Gasteiger partial charge on any atom is 0.418 e. The molecular weight excluding hydrogens is 555 g/mol. The highest BCUT2D eigenvalue weighted by atomic mass is 19.4.